The number of anilines is 2. The van der Waals surface area contributed by atoms with E-state index in [4.69, 9.17) is 9.47 Å². The number of benzene rings is 2. The summed E-state index contributed by atoms with van der Waals surface area (Å²) in [4.78, 5) is 13.4. The highest BCUT2D eigenvalue weighted by atomic mass is 32.1. The van der Waals surface area contributed by atoms with Gasteiger partial charge in [-0.25, -0.2) is 0 Å². The molecule has 0 aliphatic carbocycles. The Morgan fingerprint density at radius 1 is 0.958 bits per heavy atom. The number of thiophene rings is 1. The number of ketones is 1. The van der Waals surface area contributed by atoms with Gasteiger partial charge in [0.15, 0.2) is 0 Å². The van der Waals surface area contributed by atoms with Crippen LogP contribution in [0.25, 0.3) is 0 Å². The summed E-state index contributed by atoms with van der Waals surface area (Å²) in [5, 5.41) is 5.18. The van der Waals surface area contributed by atoms with Gasteiger partial charge in [0.05, 0.1) is 24.8 Å². The second-order valence-corrected chi connectivity index (χ2v) is 6.00. The number of nitrogens with one attached hydrogen (secondary N) is 1. The maximum Gasteiger partial charge on any atom is 0.205 e. The van der Waals surface area contributed by atoms with E-state index < -0.39 is 0 Å². The number of methoxy groups -OCH3 is 2. The third-order valence-electron chi connectivity index (χ3n) is 3.54. The molecule has 122 valence electrons. The van der Waals surface area contributed by atoms with Crippen molar-refractivity contribution in [3.05, 3.63) is 70.4 Å². The number of hydrogen-bond donors (Lipinski definition) is 1. The second kappa shape index (κ2) is 7.19. The number of rotatable bonds is 6. The summed E-state index contributed by atoms with van der Waals surface area (Å²) in [5.41, 5.74) is 2.24. The lowest BCUT2D eigenvalue weighted by Gasteiger charge is -2.11. The van der Waals surface area contributed by atoms with Gasteiger partial charge in [0.25, 0.3) is 0 Å². The quantitative estimate of drug-likeness (QED) is 0.659. The molecule has 0 aliphatic rings. The van der Waals surface area contributed by atoms with Crippen LogP contribution in [0.5, 0.6) is 11.5 Å². The molecule has 0 atom stereocenters. The molecule has 4 nitrogen and oxygen atoms in total. The lowest BCUT2D eigenvalue weighted by Crippen LogP contribution is -2.02. The van der Waals surface area contributed by atoms with Gasteiger partial charge < -0.3 is 14.8 Å². The van der Waals surface area contributed by atoms with E-state index in [0.717, 1.165) is 11.4 Å². The monoisotopic (exact) mass is 339 g/mol. The molecule has 3 aromatic rings. The maximum atomic E-state index is 12.7. The lowest BCUT2D eigenvalue weighted by molar-refractivity contribution is 0.104. The van der Waals surface area contributed by atoms with Crippen LogP contribution in [0.2, 0.25) is 0 Å². The predicted octanol–water partition coefficient (Wildman–Crippen LogP) is 4.74. The highest BCUT2D eigenvalue weighted by Gasteiger charge is 2.15. The predicted molar refractivity (Wildman–Crippen MR) is 97.0 cm³/mol. The fourth-order valence-electron chi connectivity index (χ4n) is 2.34. The van der Waals surface area contributed by atoms with Crippen molar-refractivity contribution < 1.29 is 14.3 Å². The van der Waals surface area contributed by atoms with E-state index in [9.17, 15) is 4.79 Å². The van der Waals surface area contributed by atoms with Crippen LogP contribution in [0, 0.1) is 0 Å². The van der Waals surface area contributed by atoms with Crippen molar-refractivity contribution in [3.8, 4) is 11.5 Å². The first-order chi connectivity index (χ1) is 11.7. The molecule has 1 aromatic heterocycles. The average Bonchev–Trinajstić information content (AvgIpc) is 3.09. The minimum absolute atomic E-state index is 0.00274. The Kier molecular flexibility index (Phi) is 4.82. The minimum Gasteiger partial charge on any atom is -0.497 e. The summed E-state index contributed by atoms with van der Waals surface area (Å²) in [6.45, 7) is 0. The van der Waals surface area contributed by atoms with Crippen LogP contribution in [0.15, 0.2) is 60.0 Å². The molecule has 1 N–H and O–H groups in total. The van der Waals surface area contributed by atoms with Crippen LogP contribution in [0.3, 0.4) is 0 Å². The van der Waals surface area contributed by atoms with Crippen LogP contribution in [-0.4, -0.2) is 20.0 Å². The summed E-state index contributed by atoms with van der Waals surface area (Å²) in [6.07, 6.45) is 0. The molecule has 5 heteroatoms. The first kappa shape index (κ1) is 16.1. The van der Waals surface area contributed by atoms with Crippen molar-refractivity contribution in [1.29, 1.82) is 0 Å². The van der Waals surface area contributed by atoms with Gasteiger partial charge in [-0.15, -0.1) is 11.3 Å². The molecule has 0 aliphatic heterocycles. The lowest BCUT2D eigenvalue weighted by atomic mass is 10.1. The zero-order valence-electron chi connectivity index (χ0n) is 13.4. The van der Waals surface area contributed by atoms with Crippen molar-refractivity contribution in [3.63, 3.8) is 0 Å². The molecule has 0 bridgehead atoms. The van der Waals surface area contributed by atoms with Crippen molar-refractivity contribution in [2.45, 2.75) is 0 Å². The Hall–Kier alpha value is -2.79. The number of ether oxygens (including phenoxy) is 2. The molecule has 0 saturated carbocycles. The summed E-state index contributed by atoms with van der Waals surface area (Å²) in [6, 6.07) is 16.7. The zero-order chi connectivity index (χ0) is 16.9. The van der Waals surface area contributed by atoms with E-state index >= 15 is 0 Å². The van der Waals surface area contributed by atoms with Gasteiger partial charge in [-0.1, -0.05) is 30.3 Å². The van der Waals surface area contributed by atoms with Gasteiger partial charge in [-0.2, -0.15) is 0 Å². The molecular formula is C19H17NO3S. The van der Waals surface area contributed by atoms with Crippen molar-refractivity contribution >= 4 is 28.5 Å². The van der Waals surface area contributed by atoms with E-state index in [1.54, 1.807) is 20.3 Å². The van der Waals surface area contributed by atoms with E-state index in [-0.39, 0.29) is 5.78 Å². The number of carbonyl (C=O) groups excluding carboxylic acids is 1. The molecule has 0 spiro atoms. The van der Waals surface area contributed by atoms with Gasteiger partial charge >= 0.3 is 0 Å². The van der Waals surface area contributed by atoms with E-state index in [1.807, 2.05) is 53.9 Å². The fraction of sp³-hybridized carbons (Fsp3) is 0.105. The van der Waals surface area contributed by atoms with Gasteiger partial charge in [0.1, 0.15) is 11.5 Å². The van der Waals surface area contributed by atoms with Gasteiger partial charge in [0, 0.05) is 29.4 Å². The topological polar surface area (TPSA) is 47.6 Å². The molecule has 0 unspecified atom stereocenters. The smallest absolute Gasteiger partial charge is 0.205 e. The molecule has 1 heterocycles. The van der Waals surface area contributed by atoms with E-state index in [2.05, 4.69) is 5.32 Å². The summed E-state index contributed by atoms with van der Waals surface area (Å²) in [7, 11) is 3.21. The van der Waals surface area contributed by atoms with Gasteiger partial charge in [-0.05, 0) is 11.4 Å². The minimum atomic E-state index is 0.00274. The molecule has 0 fully saturated rings. The highest BCUT2D eigenvalue weighted by molar-refractivity contribution is 7.13. The van der Waals surface area contributed by atoms with Crippen molar-refractivity contribution in [1.82, 2.24) is 0 Å². The van der Waals surface area contributed by atoms with Crippen LogP contribution < -0.4 is 14.8 Å². The van der Waals surface area contributed by atoms with Crippen molar-refractivity contribution in [2.24, 2.45) is 0 Å². The van der Waals surface area contributed by atoms with Crippen LogP contribution in [0.4, 0.5) is 11.4 Å². The maximum absolute atomic E-state index is 12.7. The number of hydrogen-bond acceptors (Lipinski definition) is 5. The Bertz CT molecular complexity index is 821. The summed E-state index contributed by atoms with van der Waals surface area (Å²) in [5.74, 6) is 1.37. The molecule has 0 amide bonds. The van der Waals surface area contributed by atoms with Gasteiger partial charge in [0.2, 0.25) is 5.78 Å². The molecule has 0 saturated heterocycles. The SMILES string of the molecule is COc1cc(Nc2ccsc2C(=O)c2ccccc2)cc(OC)c1. The third kappa shape index (κ3) is 3.41. The summed E-state index contributed by atoms with van der Waals surface area (Å²) >= 11 is 1.42. The zero-order valence-corrected chi connectivity index (χ0v) is 14.2. The normalized spacial score (nSPS) is 10.2. The Balaban J connectivity index is 1.90. The van der Waals surface area contributed by atoms with Crippen LogP contribution in [-0.2, 0) is 0 Å². The second-order valence-electron chi connectivity index (χ2n) is 5.08. The molecule has 0 radical (unpaired) electrons. The van der Waals surface area contributed by atoms with E-state index in [1.165, 1.54) is 11.3 Å². The van der Waals surface area contributed by atoms with Gasteiger partial charge in [-0.3, -0.25) is 4.79 Å². The first-order valence-corrected chi connectivity index (χ1v) is 8.26. The molecule has 3 rings (SSSR count). The standard InChI is InChI=1S/C19H17NO3S/c1-22-15-10-14(11-16(12-15)23-2)20-17-8-9-24-19(17)18(21)13-6-4-3-5-7-13/h3-12,20H,1-2H3. The molecule has 24 heavy (non-hydrogen) atoms. The molecular weight excluding hydrogens is 322 g/mol. The van der Waals surface area contributed by atoms with Crippen LogP contribution >= 0.6 is 11.3 Å². The van der Waals surface area contributed by atoms with Crippen molar-refractivity contribution in [2.75, 3.05) is 19.5 Å². The number of carbonyl (C=O) groups is 1. The summed E-state index contributed by atoms with van der Waals surface area (Å²) < 4.78 is 10.6. The average molecular weight is 339 g/mol. The fourth-order valence-corrected chi connectivity index (χ4v) is 3.15. The third-order valence-corrected chi connectivity index (χ3v) is 4.45. The molecule has 2 aromatic carbocycles. The Morgan fingerprint density at radius 3 is 2.25 bits per heavy atom. The first-order valence-electron chi connectivity index (χ1n) is 7.38. The van der Waals surface area contributed by atoms with E-state index in [0.29, 0.717) is 21.9 Å². The largest absolute Gasteiger partial charge is 0.497 e. The van der Waals surface area contributed by atoms with Crippen LogP contribution in [0.1, 0.15) is 15.2 Å². The Labute approximate surface area is 144 Å². The Morgan fingerprint density at radius 2 is 1.62 bits per heavy atom. The highest BCUT2D eigenvalue weighted by Crippen LogP contribution is 2.32.